The highest BCUT2D eigenvalue weighted by Crippen LogP contribution is 2.08. The summed E-state index contributed by atoms with van der Waals surface area (Å²) in [6.45, 7) is 3.65. The van der Waals surface area contributed by atoms with Crippen molar-refractivity contribution in [3.05, 3.63) is 35.9 Å². The third-order valence-corrected chi connectivity index (χ3v) is 3.95. The van der Waals surface area contributed by atoms with Crippen LogP contribution < -0.4 is 16.4 Å². The van der Waals surface area contributed by atoms with E-state index in [0.29, 0.717) is 6.42 Å². The second-order valence-electron chi connectivity index (χ2n) is 6.13. The zero-order chi connectivity index (χ0) is 19.5. The molecule has 8 heteroatoms. The van der Waals surface area contributed by atoms with Crippen molar-refractivity contribution >= 4 is 17.9 Å². The molecular weight excluding hydrogens is 338 g/mol. The lowest BCUT2D eigenvalue weighted by molar-refractivity contribution is -0.129. The summed E-state index contributed by atoms with van der Waals surface area (Å²) in [5.41, 5.74) is 6.12. The van der Waals surface area contributed by atoms with Crippen LogP contribution >= 0.6 is 0 Å². The fourth-order valence-electron chi connectivity index (χ4n) is 2.22. The maximum Gasteiger partial charge on any atom is 0.407 e. The summed E-state index contributed by atoms with van der Waals surface area (Å²) < 4.78 is 5.00. The van der Waals surface area contributed by atoms with Crippen LogP contribution in [0, 0.1) is 5.92 Å². The maximum atomic E-state index is 11.9. The van der Waals surface area contributed by atoms with Crippen molar-refractivity contribution in [3.63, 3.8) is 0 Å². The van der Waals surface area contributed by atoms with Gasteiger partial charge >= 0.3 is 6.09 Å². The molecule has 3 amide bonds. The Morgan fingerprint density at radius 2 is 1.88 bits per heavy atom. The minimum Gasteiger partial charge on any atom is -0.445 e. The molecule has 26 heavy (non-hydrogen) atoms. The summed E-state index contributed by atoms with van der Waals surface area (Å²) in [5.74, 6) is -1.24. The number of hydrogen-bond acceptors (Lipinski definition) is 5. The first kappa shape index (κ1) is 21.4. The predicted octanol–water partition coefficient (Wildman–Crippen LogP) is 0.680. The lowest BCUT2D eigenvalue weighted by Crippen LogP contribution is -2.49. The van der Waals surface area contributed by atoms with Crippen LogP contribution in [0.25, 0.3) is 0 Å². The van der Waals surface area contributed by atoms with Crippen LogP contribution in [-0.4, -0.2) is 41.7 Å². The SMILES string of the molecule is CC[C@@H](C)[C@H](NC(=O)C[C@@H](O)CNC(=O)OCc1ccccc1)C(N)=O. The van der Waals surface area contributed by atoms with E-state index in [1.807, 2.05) is 37.3 Å². The molecule has 0 aliphatic carbocycles. The molecule has 3 atom stereocenters. The maximum absolute atomic E-state index is 11.9. The number of alkyl carbamates (subject to hydrolysis) is 1. The summed E-state index contributed by atoms with van der Waals surface area (Å²) in [7, 11) is 0. The van der Waals surface area contributed by atoms with Crippen LogP contribution in [0.1, 0.15) is 32.3 Å². The standard InChI is InChI=1S/C18H27N3O5/c1-3-12(2)16(17(19)24)21-15(23)9-14(22)10-20-18(25)26-11-13-7-5-4-6-8-13/h4-8,12,14,16,22H,3,9-11H2,1-2H3,(H2,19,24)(H,20,25)(H,21,23)/t12-,14-,16+/m1/s1. The number of benzene rings is 1. The van der Waals surface area contributed by atoms with Gasteiger partial charge in [0, 0.05) is 6.54 Å². The van der Waals surface area contributed by atoms with Crippen molar-refractivity contribution in [2.45, 2.75) is 45.4 Å². The summed E-state index contributed by atoms with van der Waals surface area (Å²) >= 11 is 0. The van der Waals surface area contributed by atoms with E-state index in [2.05, 4.69) is 10.6 Å². The molecule has 5 N–H and O–H groups in total. The molecule has 0 aliphatic heterocycles. The monoisotopic (exact) mass is 365 g/mol. The number of primary amides is 1. The molecule has 0 fully saturated rings. The van der Waals surface area contributed by atoms with Crippen LogP contribution in [0.4, 0.5) is 4.79 Å². The van der Waals surface area contributed by atoms with E-state index in [4.69, 9.17) is 10.5 Å². The Morgan fingerprint density at radius 1 is 1.23 bits per heavy atom. The van der Waals surface area contributed by atoms with E-state index in [-0.39, 0.29) is 25.5 Å². The number of carbonyl (C=O) groups excluding carboxylic acids is 3. The molecule has 0 unspecified atom stereocenters. The number of rotatable bonds is 10. The van der Waals surface area contributed by atoms with Gasteiger partial charge in [-0.25, -0.2) is 4.79 Å². The van der Waals surface area contributed by atoms with Gasteiger partial charge in [0.15, 0.2) is 0 Å². The number of aliphatic hydroxyl groups excluding tert-OH is 1. The number of nitrogens with two attached hydrogens (primary N) is 1. The minimum absolute atomic E-state index is 0.110. The highest BCUT2D eigenvalue weighted by molar-refractivity contribution is 5.87. The number of carbonyl (C=O) groups is 3. The zero-order valence-electron chi connectivity index (χ0n) is 15.1. The van der Waals surface area contributed by atoms with E-state index >= 15 is 0 Å². The predicted molar refractivity (Wildman–Crippen MR) is 95.8 cm³/mol. The number of hydrogen-bond donors (Lipinski definition) is 4. The lowest BCUT2D eigenvalue weighted by Gasteiger charge is -2.22. The first-order valence-electron chi connectivity index (χ1n) is 8.54. The Labute approximate surface area is 153 Å². The highest BCUT2D eigenvalue weighted by Gasteiger charge is 2.24. The number of ether oxygens (including phenoxy) is 1. The van der Waals surface area contributed by atoms with Crippen LogP contribution in [0.5, 0.6) is 0 Å². The first-order valence-corrected chi connectivity index (χ1v) is 8.54. The van der Waals surface area contributed by atoms with E-state index < -0.39 is 30.1 Å². The Hall–Kier alpha value is -2.61. The first-order chi connectivity index (χ1) is 12.3. The third kappa shape index (κ3) is 7.98. The number of nitrogens with one attached hydrogen (secondary N) is 2. The number of amides is 3. The molecule has 1 rings (SSSR count). The minimum atomic E-state index is -1.11. The molecule has 0 spiro atoms. The van der Waals surface area contributed by atoms with Crippen molar-refractivity contribution in [3.8, 4) is 0 Å². The summed E-state index contributed by atoms with van der Waals surface area (Å²) in [6.07, 6.45) is -1.39. The zero-order valence-corrected chi connectivity index (χ0v) is 15.1. The van der Waals surface area contributed by atoms with Crippen molar-refractivity contribution < 1.29 is 24.2 Å². The van der Waals surface area contributed by atoms with E-state index in [0.717, 1.165) is 5.56 Å². The van der Waals surface area contributed by atoms with Crippen LogP contribution in [0.2, 0.25) is 0 Å². The van der Waals surface area contributed by atoms with E-state index in [1.165, 1.54) is 0 Å². The molecule has 8 nitrogen and oxygen atoms in total. The smallest absolute Gasteiger partial charge is 0.407 e. The van der Waals surface area contributed by atoms with Gasteiger partial charge in [-0.05, 0) is 11.5 Å². The third-order valence-electron chi connectivity index (χ3n) is 3.95. The van der Waals surface area contributed by atoms with Gasteiger partial charge in [0.2, 0.25) is 11.8 Å². The quantitative estimate of drug-likeness (QED) is 0.484. The topological polar surface area (TPSA) is 131 Å². The number of aliphatic hydroxyl groups is 1. The molecule has 1 aromatic rings. The van der Waals surface area contributed by atoms with Gasteiger partial charge in [0.1, 0.15) is 12.6 Å². The van der Waals surface area contributed by atoms with Crippen LogP contribution in [-0.2, 0) is 20.9 Å². The molecule has 0 saturated carbocycles. The van der Waals surface area contributed by atoms with Gasteiger partial charge in [-0.3, -0.25) is 9.59 Å². The molecule has 0 saturated heterocycles. The second kappa shape index (κ2) is 11.1. The lowest BCUT2D eigenvalue weighted by atomic mass is 9.98. The summed E-state index contributed by atoms with van der Waals surface area (Å²) in [5, 5.41) is 14.8. The van der Waals surface area contributed by atoms with Crippen molar-refractivity contribution in [1.29, 1.82) is 0 Å². The van der Waals surface area contributed by atoms with Crippen LogP contribution in [0.15, 0.2) is 30.3 Å². The molecule has 0 aliphatic rings. The molecule has 0 aromatic heterocycles. The highest BCUT2D eigenvalue weighted by atomic mass is 16.5. The van der Waals surface area contributed by atoms with Gasteiger partial charge in [-0.1, -0.05) is 50.6 Å². The second-order valence-corrected chi connectivity index (χ2v) is 6.13. The fourth-order valence-corrected chi connectivity index (χ4v) is 2.22. The average molecular weight is 365 g/mol. The Bertz CT molecular complexity index is 594. The molecule has 1 aromatic carbocycles. The van der Waals surface area contributed by atoms with E-state index in [1.54, 1.807) is 6.92 Å². The molecule has 0 radical (unpaired) electrons. The largest absolute Gasteiger partial charge is 0.445 e. The Kier molecular flexibility index (Phi) is 9.14. The molecule has 0 bridgehead atoms. The van der Waals surface area contributed by atoms with E-state index in [9.17, 15) is 19.5 Å². The van der Waals surface area contributed by atoms with Gasteiger partial charge in [0.25, 0.3) is 0 Å². The van der Waals surface area contributed by atoms with Gasteiger partial charge in [-0.2, -0.15) is 0 Å². The van der Waals surface area contributed by atoms with Gasteiger partial charge in [0.05, 0.1) is 12.5 Å². The van der Waals surface area contributed by atoms with Crippen molar-refractivity contribution in [2.75, 3.05) is 6.54 Å². The summed E-state index contributed by atoms with van der Waals surface area (Å²) in [6, 6.07) is 8.37. The van der Waals surface area contributed by atoms with Crippen molar-refractivity contribution in [1.82, 2.24) is 10.6 Å². The van der Waals surface area contributed by atoms with Gasteiger partial charge < -0.3 is 26.2 Å². The Balaban J connectivity index is 2.31. The van der Waals surface area contributed by atoms with Crippen molar-refractivity contribution in [2.24, 2.45) is 11.7 Å². The Morgan fingerprint density at radius 3 is 2.46 bits per heavy atom. The molecule has 144 valence electrons. The average Bonchev–Trinajstić information content (AvgIpc) is 2.62. The normalized spacial score (nSPS) is 14.0. The summed E-state index contributed by atoms with van der Waals surface area (Å²) in [4.78, 5) is 34.9. The van der Waals surface area contributed by atoms with Gasteiger partial charge in [-0.15, -0.1) is 0 Å². The fraction of sp³-hybridized carbons (Fsp3) is 0.500. The van der Waals surface area contributed by atoms with Crippen LogP contribution in [0.3, 0.4) is 0 Å². The molecular formula is C18H27N3O5. The molecule has 0 heterocycles.